The molecule has 0 bridgehead atoms. The molecule has 27 heavy (non-hydrogen) atoms. The Bertz CT molecular complexity index is 911. The molecule has 1 aromatic heterocycles. The second-order valence-electron chi connectivity index (χ2n) is 6.91. The first-order chi connectivity index (χ1) is 12.9. The Morgan fingerprint density at radius 1 is 0.852 bits per heavy atom. The highest BCUT2D eigenvalue weighted by molar-refractivity contribution is 6.04. The van der Waals surface area contributed by atoms with Crippen LogP contribution in [0.25, 0.3) is 0 Å². The number of hydrogen-bond donors (Lipinski definition) is 2. The van der Waals surface area contributed by atoms with E-state index in [0.717, 1.165) is 22.8 Å². The van der Waals surface area contributed by atoms with Gasteiger partial charge in [0.25, 0.3) is 5.91 Å². The summed E-state index contributed by atoms with van der Waals surface area (Å²) in [7, 11) is 0. The van der Waals surface area contributed by atoms with Crippen molar-refractivity contribution in [1.29, 1.82) is 0 Å². The summed E-state index contributed by atoms with van der Waals surface area (Å²) in [6.45, 7) is 8.14. The van der Waals surface area contributed by atoms with Crippen molar-refractivity contribution < 1.29 is 4.79 Å². The highest BCUT2D eigenvalue weighted by Crippen LogP contribution is 2.19. The average Bonchev–Trinajstić information content (AvgIpc) is 2.62. The zero-order valence-corrected chi connectivity index (χ0v) is 16.1. The summed E-state index contributed by atoms with van der Waals surface area (Å²) >= 11 is 0. The highest BCUT2D eigenvalue weighted by atomic mass is 16.1. The van der Waals surface area contributed by atoms with Crippen LogP contribution < -0.4 is 10.6 Å². The number of nitrogens with zero attached hydrogens (tertiary/aromatic N) is 2. The number of benzene rings is 2. The third-order valence-corrected chi connectivity index (χ3v) is 4.22. The van der Waals surface area contributed by atoms with E-state index in [2.05, 4.69) is 34.4 Å². The van der Waals surface area contributed by atoms with Crippen LogP contribution in [0.1, 0.15) is 47.1 Å². The molecule has 2 N–H and O–H groups in total. The molecule has 0 saturated carbocycles. The molecule has 0 radical (unpaired) electrons. The summed E-state index contributed by atoms with van der Waals surface area (Å²) < 4.78 is 0. The molecule has 5 nitrogen and oxygen atoms in total. The molecule has 3 aromatic rings. The number of carbonyl (C=O) groups excluding carboxylic acids is 1. The van der Waals surface area contributed by atoms with Crippen molar-refractivity contribution in [3.8, 4) is 0 Å². The zero-order valence-electron chi connectivity index (χ0n) is 16.1. The van der Waals surface area contributed by atoms with Crippen LogP contribution in [0.2, 0.25) is 0 Å². The Labute approximate surface area is 159 Å². The van der Waals surface area contributed by atoms with E-state index in [9.17, 15) is 4.79 Å². The Morgan fingerprint density at radius 2 is 1.41 bits per heavy atom. The number of anilines is 3. The first-order valence-corrected chi connectivity index (χ1v) is 9.01. The fourth-order valence-corrected chi connectivity index (χ4v) is 2.77. The van der Waals surface area contributed by atoms with Crippen molar-refractivity contribution in [2.45, 2.75) is 33.6 Å². The summed E-state index contributed by atoms with van der Waals surface area (Å²) in [4.78, 5) is 21.1. The molecule has 0 unspecified atom stereocenters. The van der Waals surface area contributed by atoms with Crippen LogP contribution in [-0.2, 0) is 0 Å². The van der Waals surface area contributed by atoms with Gasteiger partial charge in [-0.2, -0.15) is 0 Å². The highest BCUT2D eigenvalue weighted by Gasteiger charge is 2.07. The maximum Gasteiger partial charge on any atom is 0.255 e. The molecule has 1 heterocycles. The Kier molecular flexibility index (Phi) is 5.50. The molecule has 5 heteroatoms. The number of carbonyl (C=O) groups is 1. The number of hydrogen-bond acceptors (Lipinski definition) is 4. The van der Waals surface area contributed by atoms with Gasteiger partial charge in [0.2, 0.25) is 5.95 Å². The number of nitrogens with one attached hydrogen (secondary N) is 2. The summed E-state index contributed by atoms with van der Waals surface area (Å²) in [6, 6.07) is 17.1. The number of rotatable bonds is 5. The molecule has 0 aliphatic rings. The van der Waals surface area contributed by atoms with Gasteiger partial charge in [0.1, 0.15) is 0 Å². The molecule has 1 amide bonds. The second-order valence-corrected chi connectivity index (χ2v) is 6.91. The van der Waals surface area contributed by atoms with E-state index in [1.807, 2.05) is 68.4 Å². The fraction of sp³-hybridized carbons (Fsp3) is 0.227. The molecule has 0 aliphatic heterocycles. The standard InChI is InChI=1S/C22H24N4O/c1-14(2)17-5-7-18(8-6-17)21(27)25-19-9-11-20(12-10-19)26-22-23-15(3)13-16(4)24-22/h5-14H,1-4H3,(H,25,27)(H,23,24,26). The van der Waals surface area contributed by atoms with Gasteiger partial charge in [0.15, 0.2) is 0 Å². The van der Waals surface area contributed by atoms with Gasteiger partial charge in [-0.25, -0.2) is 9.97 Å². The second kappa shape index (κ2) is 7.99. The molecule has 0 spiro atoms. The Hall–Kier alpha value is -3.21. The maximum atomic E-state index is 12.4. The van der Waals surface area contributed by atoms with Crippen molar-refractivity contribution in [2.75, 3.05) is 10.6 Å². The van der Waals surface area contributed by atoms with Gasteiger partial charge in [-0.05, 0) is 67.8 Å². The number of aryl methyl sites for hydroxylation is 2. The Balaban J connectivity index is 1.65. The molecule has 138 valence electrons. The van der Waals surface area contributed by atoms with Crippen molar-refractivity contribution in [1.82, 2.24) is 9.97 Å². The van der Waals surface area contributed by atoms with Crippen molar-refractivity contribution in [2.24, 2.45) is 0 Å². The summed E-state index contributed by atoms with van der Waals surface area (Å²) in [5.41, 5.74) is 5.29. The van der Waals surface area contributed by atoms with Gasteiger partial charge in [0.05, 0.1) is 0 Å². The van der Waals surface area contributed by atoms with Crippen LogP contribution in [0.4, 0.5) is 17.3 Å². The largest absolute Gasteiger partial charge is 0.324 e. The summed E-state index contributed by atoms with van der Waals surface area (Å²) in [6.07, 6.45) is 0. The van der Waals surface area contributed by atoms with Crippen LogP contribution >= 0.6 is 0 Å². The lowest BCUT2D eigenvalue weighted by molar-refractivity contribution is 0.102. The third kappa shape index (κ3) is 4.91. The van der Waals surface area contributed by atoms with Crippen LogP contribution in [0, 0.1) is 13.8 Å². The molecule has 0 atom stereocenters. The smallest absolute Gasteiger partial charge is 0.255 e. The van der Waals surface area contributed by atoms with Crippen LogP contribution in [0.15, 0.2) is 54.6 Å². The van der Waals surface area contributed by atoms with Crippen molar-refractivity contribution >= 4 is 23.2 Å². The predicted octanol–water partition coefficient (Wildman–Crippen LogP) is 5.21. The normalized spacial score (nSPS) is 10.7. The predicted molar refractivity (Wildman–Crippen MR) is 110 cm³/mol. The zero-order chi connectivity index (χ0) is 19.4. The average molecular weight is 360 g/mol. The van der Waals surface area contributed by atoms with E-state index < -0.39 is 0 Å². The van der Waals surface area contributed by atoms with E-state index in [1.54, 1.807) is 0 Å². The summed E-state index contributed by atoms with van der Waals surface area (Å²) in [5, 5.41) is 6.10. The summed E-state index contributed by atoms with van der Waals surface area (Å²) in [5.74, 6) is 0.890. The molecular weight excluding hydrogens is 336 g/mol. The van der Waals surface area contributed by atoms with Gasteiger partial charge in [0, 0.05) is 28.3 Å². The van der Waals surface area contributed by atoms with Crippen molar-refractivity contribution in [3.63, 3.8) is 0 Å². The number of amides is 1. The fourth-order valence-electron chi connectivity index (χ4n) is 2.77. The van der Waals surface area contributed by atoms with E-state index in [4.69, 9.17) is 0 Å². The first-order valence-electron chi connectivity index (χ1n) is 9.01. The lowest BCUT2D eigenvalue weighted by Gasteiger charge is -2.10. The topological polar surface area (TPSA) is 66.9 Å². The Morgan fingerprint density at radius 3 is 1.96 bits per heavy atom. The maximum absolute atomic E-state index is 12.4. The van der Waals surface area contributed by atoms with Gasteiger partial charge in [-0.3, -0.25) is 4.79 Å². The van der Waals surface area contributed by atoms with Crippen LogP contribution in [0.5, 0.6) is 0 Å². The molecule has 3 rings (SSSR count). The molecule has 0 saturated heterocycles. The molecular formula is C22H24N4O. The minimum absolute atomic E-state index is 0.122. The van der Waals surface area contributed by atoms with Gasteiger partial charge in [-0.15, -0.1) is 0 Å². The SMILES string of the molecule is Cc1cc(C)nc(Nc2ccc(NC(=O)c3ccc(C(C)C)cc3)cc2)n1. The third-order valence-electron chi connectivity index (χ3n) is 4.22. The van der Waals surface area contributed by atoms with E-state index in [0.29, 0.717) is 17.4 Å². The molecule has 0 aliphatic carbocycles. The molecule has 2 aromatic carbocycles. The lowest BCUT2D eigenvalue weighted by atomic mass is 10.0. The van der Waals surface area contributed by atoms with E-state index >= 15 is 0 Å². The quantitative estimate of drug-likeness (QED) is 0.655. The van der Waals surface area contributed by atoms with E-state index in [-0.39, 0.29) is 5.91 Å². The minimum atomic E-state index is -0.122. The monoisotopic (exact) mass is 360 g/mol. The van der Waals surface area contributed by atoms with Gasteiger partial charge < -0.3 is 10.6 Å². The van der Waals surface area contributed by atoms with Crippen molar-refractivity contribution in [3.05, 3.63) is 77.1 Å². The lowest BCUT2D eigenvalue weighted by Crippen LogP contribution is -2.11. The first kappa shape index (κ1) is 18.6. The van der Waals surface area contributed by atoms with E-state index in [1.165, 1.54) is 5.56 Å². The molecule has 0 fully saturated rings. The van der Waals surface area contributed by atoms with Gasteiger partial charge >= 0.3 is 0 Å². The van der Waals surface area contributed by atoms with Gasteiger partial charge in [-0.1, -0.05) is 26.0 Å². The minimum Gasteiger partial charge on any atom is -0.324 e. The number of aromatic nitrogens is 2. The van der Waals surface area contributed by atoms with Crippen LogP contribution in [-0.4, -0.2) is 15.9 Å². The van der Waals surface area contributed by atoms with Crippen LogP contribution in [0.3, 0.4) is 0 Å².